The number of hydrogen-bond acceptors (Lipinski definition) is 4. The Morgan fingerprint density at radius 2 is 1.77 bits per heavy atom. The van der Waals surface area contributed by atoms with Gasteiger partial charge in [-0.25, -0.2) is 0 Å². The van der Waals surface area contributed by atoms with E-state index < -0.39 is 11.7 Å². The van der Waals surface area contributed by atoms with Crippen molar-refractivity contribution in [3.63, 3.8) is 0 Å². The Morgan fingerprint density at radius 1 is 1.04 bits per heavy atom. The molecule has 1 aromatic heterocycles. The van der Waals surface area contributed by atoms with E-state index in [-0.39, 0.29) is 0 Å². The third kappa shape index (κ3) is 2.90. The van der Waals surface area contributed by atoms with E-state index in [1.54, 1.807) is 25.3 Å². The molecule has 2 aromatic carbocycles. The zero-order chi connectivity index (χ0) is 18.8. The maximum atomic E-state index is 12.8. The number of amides is 1. The van der Waals surface area contributed by atoms with Crippen LogP contribution in [0, 0.1) is 6.92 Å². The second-order valence-electron chi connectivity index (χ2n) is 5.89. The molecular weight excluding hydrogens is 332 g/mol. The summed E-state index contributed by atoms with van der Waals surface area (Å²) in [4.78, 5) is 25.4. The maximum Gasteiger partial charge on any atom is 0.296 e. The fourth-order valence-electron chi connectivity index (χ4n) is 3.00. The number of Topliss-reactive ketones (excluding diaryl/α,β-unsaturated/α-hetero) is 1. The van der Waals surface area contributed by atoms with Crippen LogP contribution in [-0.4, -0.2) is 30.5 Å². The molecule has 1 amide bonds. The van der Waals surface area contributed by atoms with Crippen molar-refractivity contribution < 1.29 is 19.1 Å². The van der Waals surface area contributed by atoms with Gasteiger partial charge in [0.05, 0.1) is 25.5 Å². The molecule has 3 rings (SSSR count). The molecule has 0 aliphatic carbocycles. The normalized spacial score (nSPS) is 10.6. The van der Waals surface area contributed by atoms with Crippen molar-refractivity contribution in [1.82, 2.24) is 4.57 Å². The molecule has 134 valence electrons. The Hall–Kier alpha value is -3.28. The zero-order valence-electron chi connectivity index (χ0n) is 15.1. The summed E-state index contributed by atoms with van der Waals surface area (Å²) in [7, 11) is 4.90. The minimum atomic E-state index is -0.715. The van der Waals surface area contributed by atoms with E-state index in [4.69, 9.17) is 9.47 Å². The summed E-state index contributed by atoms with van der Waals surface area (Å²) in [5.41, 5.74) is 2.47. The van der Waals surface area contributed by atoms with Gasteiger partial charge >= 0.3 is 0 Å². The van der Waals surface area contributed by atoms with Crippen molar-refractivity contribution in [3.8, 4) is 11.5 Å². The molecular formula is C20H20N2O4. The number of nitrogens with zero attached hydrogens (tertiary/aromatic N) is 1. The monoisotopic (exact) mass is 352 g/mol. The van der Waals surface area contributed by atoms with Crippen LogP contribution in [0.3, 0.4) is 0 Å². The van der Waals surface area contributed by atoms with Gasteiger partial charge in [-0.05, 0) is 25.1 Å². The number of aromatic nitrogens is 1. The largest absolute Gasteiger partial charge is 0.497 e. The predicted octanol–water partition coefficient (Wildman–Crippen LogP) is 3.33. The van der Waals surface area contributed by atoms with Crippen LogP contribution < -0.4 is 14.8 Å². The van der Waals surface area contributed by atoms with Gasteiger partial charge in [0, 0.05) is 29.7 Å². The molecule has 0 aliphatic rings. The van der Waals surface area contributed by atoms with Crippen LogP contribution >= 0.6 is 0 Å². The summed E-state index contributed by atoms with van der Waals surface area (Å²) in [6.07, 6.45) is 0. The molecule has 0 bridgehead atoms. The second-order valence-corrected chi connectivity index (χ2v) is 5.89. The number of rotatable bonds is 5. The molecule has 26 heavy (non-hydrogen) atoms. The number of para-hydroxylation sites is 1. The summed E-state index contributed by atoms with van der Waals surface area (Å²) in [5.74, 6) is -0.290. The number of carbonyl (C=O) groups is 2. The third-order valence-corrected chi connectivity index (χ3v) is 4.49. The van der Waals surface area contributed by atoms with Crippen molar-refractivity contribution in [3.05, 3.63) is 53.7 Å². The SMILES string of the molecule is COc1ccc(NC(=O)C(=O)c2c(C)n(C)c3ccccc23)c(OC)c1. The Balaban J connectivity index is 1.95. The van der Waals surface area contributed by atoms with Crippen LogP contribution in [-0.2, 0) is 11.8 Å². The molecule has 0 saturated carbocycles. The fourth-order valence-corrected chi connectivity index (χ4v) is 3.00. The molecule has 0 aliphatic heterocycles. The first-order valence-corrected chi connectivity index (χ1v) is 8.09. The summed E-state index contributed by atoms with van der Waals surface area (Å²) in [6, 6.07) is 12.5. The van der Waals surface area contributed by atoms with Gasteiger partial charge in [0.25, 0.3) is 11.7 Å². The average Bonchev–Trinajstić information content (AvgIpc) is 2.92. The van der Waals surface area contributed by atoms with Gasteiger partial charge in [-0.3, -0.25) is 9.59 Å². The highest BCUT2D eigenvalue weighted by Gasteiger charge is 2.25. The number of ketones is 1. The molecule has 0 saturated heterocycles. The first kappa shape index (κ1) is 17.5. The zero-order valence-corrected chi connectivity index (χ0v) is 15.1. The molecule has 0 fully saturated rings. The Morgan fingerprint density at radius 3 is 2.46 bits per heavy atom. The Kier molecular flexibility index (Phi) is 4.67. The van der Waals surface area contributed by atoms with Crippen molar-refractivity contribution in [1.29, 1.82) is 0 Å². The minimum absolute atomic E-state index is 0.407. The van der Waals surface area contributed by atoms with Crippen LogP contribution in [0.4, 0.5) is 5.69 Å². The molecule has 1 heterocycles. The summed E-state index contributed by atoms with van der Waals surface area (Å²) in [5, 5.41) is 3.39. The number of aryl methyl sites for hydroxylation is 1. The van der Waals surface area contributed by atoms with Gasteiger partial charge in [-0.15, -0.1) is 0 Å². The Labute approximate surface area is 151 Å². The van der Waals surface area contributed by atoms with E-state index in [1.807, 2.05) is 42.8 Å². The number of methoxy groups -OCH3 is 2. The number of hydrogen-bond donors (Lipinski definition) is 1. The lowest BCUT2D eigenvalue weighted by Gasteiger charge is -2.11. The third-order valence-electron chi connectivity index (χ3n) is 4.49. The fraction of sp³-hybridized carbons (Fsp3) is 0.200. The molecule has 0 radical (unpaired) electrons. The van der Waals surface area contributed by atoms with Crippen molar-refractivity contribution in [2.45, 2.75) is 6.92 Å². The molecule has 6 nitrogen and oxygen atoms in total. The smallest absolute Gasteiger partial charge is 0.296 e. The van der Waals surface area contributed by atoms with E-state index >= 15 is 0 Å². The van der Waals surface area contributed by atoms with Gasteiger partial charge in [0.2, 0.25) is 0 Å². The standard InChI is InChI=1S/C20H20N2O4/c1-12-18(14-7-5-6-8-16(14)22(12)2)19(23)20(24)21-15-10-9-13(25-3)11-17(15)26-4/h5-11H,1-4H3,(H,21,24). The minimum Gasteiger partial charge on any atom is -0.497 e. The van der Waals surface area contributed by atoms with Crippen LogP contribution in [0.5, 0.6) is 11.5 Å². The van der Waals surface area contributed by atoms with Gasteiger partial charge in [0.15, 0.2) is 0 Å². The number of benzene rings is 2. The number of ether oxygens (including phenoxy) is 2. The number of carbonyl (C=O) groups excluding carboxylic acids is 2. The highest BCUT2D eigenvalue weighted by atomic mass is 16.5. The van der Waals surface area contributed by atoms with Crippen LogP contribution in [0.1, 0.15) is 16.1 Å². The maximum absolute atomic E-state index is 12.8. The molecule has 0 spiro atoms. The van der Waals surface area contributed by atoms with E-state index in [9.17, 15) is 9.59 Å². The van der Waals surface area contributed by atoms with Crippen LogP contribution in [0.25, 0.3) is 10.9 Å². The second kappa shape index (κ2) is 6.92. The van der Waals surface area contributed by atoms with Crippen molar-refractivity contribution >= 4 is 28.3 Å². The number of fused-ring (bicyclic) bond motifs is 1. The summed E-state index contributed by atoms with van der Waals surface area (Å²) in [6.45, 7) is 1.83. The van der Waals surface area contributed by atoms with Gasteiger partial charge in [-0.1, -0.05) is 18.2 Å². The lowest BCUT2D eigenvalue weighted by Crippen LogP contribution is -2.23. The number of nitrogens with one attached hydrogen (secondary N) is 1. The molecule has 6 heteroatoms. The highest BCUT2D eigenvalue weighted by Crippen LogP contribution is 2.30. The molecule has 0 unspecified atom stereocenters. The lowest BCUT2D eigenvalue weighted by molar-refractivity contribution is -0.112. The topological polar surface area (TPSA) is 69.6 Å². The lowest BCUT2D eigenvalue weighted by atomic mass is 10.1. The summed E-state index contributed by atoms with van der Waals surface area (Å²) < 4.78 is 12.3. The summed E-state index contributed by atoms with van der Waals surface area (Å²) >= 11 is 0. The van der Waals surface area contributed by atoms with Crippen molar-refractivity contribution in [2.24, 2.45) is 7.05 Å². The van der Waals surface area contributed by atoms with E-state index in [0.29, 0.717) is 22.7 Å². The van der Waals surface area contributed by atoms with Crippen molar-refractivity contribution in [2.75, 3.05) is 19.5 Å². The van der Waals surface area contributed by atoms with Gasteiger partial charge in [-0.2, -0.15) is 0 Å². The van der Waals surface area contributed by atoms with E-state index in [1.165, 1.54) is 7.11 Å². The first-order chi connectivity index (χ1) is 12.5. The van der Waals surface area contributed by atoms with E-state index in [2.05, 4.69) is 5.32 Å². The van der Waals surface area contributed by atoms with E-state index in [0.717, 1.165) is 16.6 Å². The molecule has 1 N–H and O–H groups in total. The number of anilines is 1. The van der Waals surface area contributed by atoms with Gasteiger partial charge in [0.1, 0.15) is 11.5 Å². The highest BCUT2D eigenvalue weighted by molar-refractivity contribution is 6.48. The molecule has 0 atom stereocenters. The van der Waals surface area contributed by atoms with Crippen LogP contribution in [0.15, 0.2) is 42.5 Å². The average molecular weight is 352 g/mol. The predicted molar refractivity (Wildman–Crippen MR) is 100 cm³/mol. The first-order valence-electron chi connectivity index (χ1n) is 8.09. The van der Waals surface area contributed by atoms with Gasteiger partial charge < -0.3 is 19.4 Å². The molecule has 3 aromatic rings. The quantitative estimate of drug-likeness (QED) is 0.565. The Bertz CT molecular complexity index is 1000. The van der Waals surface area contributed by atoms with Crippen LogP contribution in [0.2, 0.25) is 0 Å².